The first-order chi connectivity index (χ1) is 11.4. The zero-order valence-electron chi connectivity index (χ0n) is 13.5. The van der Waals surface area contributed by atoms with Gasteiger partial charge in [-0.05, 0) is 43.0 Å². The second kappa shape index (κ2) is 6.11. The van der Waals surface area contributed by atoms with E-state index in [1.54, 1.807) is 26.1 Å². The zero-order chi connectivity index (χ0) is 17.4. The van der Waals surface area contributed by atoms with Crippen LogP contribution in [-0.2, 0) is 11.3 Å². The summed E-state index contributed by atoms with van der Waals surface area (Å²) in [4.78, 5) is 25.0. The van der Waals surface area contributed by atoms with Crippen LogP contribution in [0.25, 0.3) is 0 Å². The van der Waals surface area contributed by atoms with Crippen molar-refractivity contribution < 1.29 is 23.5 Å². The fourth-order valence-corrected chi connectivity index (χ4v) is 2.97. The first-order valence-corrected chi connectivity index (χ1v) is 7.70. The van der Waals surface area contributed by atoms with E-state index in [4.69, 9.17) is 9.52 Å². The number of nitrogens with zero attached hydrogens (tertiary/aromatic N) is 1. The molecule has 1 aliphatic rings. The Hall–Kier alpha value is -2.63. The van der Waals surface area contributed by atoms with E-state index in [9.17, 15) is 14.0 Å². The van der Waals surface area contributed by atoms with Crippen molar-refractivity contribution >= 4 is 11.9 Å². The first-order valence-electron chi connectivity index (χ1n) is 7.70. The van der Waals surface area contributed by atoms with Gasteiger partial charge in [0.2, 0.25) is 5.91 Å². The SMILES string of the molecule is Cc1oc(CN(C)C(=O)[C@@H]2C[C@@H]2c2ccc(F)cc2)cc1C(=O)O. The van der Waals surface area contributed by atoms with Crippen molar-refractivity contribution in [3.8, 4) is 0 Å². The molecule has 1 heterocycles. The number of carbonyl (C=O) groups is 2. The molecule has 2 aromatic rings. The summed E-state index contributed by atoms with van der Waals surface area (Å²) in [6.45, 7) is 1.81. The molecule has 3 rings (SSSR count). The maximum atomic E-state index is 13.0. The lowest BCUT2D eigenvalue weighted by Gasteiger charge is -2.15. The summed E-state index contributed by atoms with van der Waals surface area (Å²) >= 11 is 0. The van der Waals surface area contributed by atoms with Gasteiger partial charge in [0.15, 0.2) is 0 Å². The van der Waals surface area contributed by atoms with Gasteiger partial charge in [-0.25, -0.2) is 9.18 Å². The van der Waals surface area contributed by atoms with Gasteiger partial charge in [0, 0.05) is 13.0 Å². The van der Waals surface area contributed by atoms with E-state index in [0.29, 0.717) is 11.5 Å². The van der Waals surface area contributed by atoms with Crippen LogP contribution in [0.2, 0.25) is 0 Å². The maximum Gasteiger partial charge on any atom is 0.339 e. The smallest absolute Gasteiger partial charge is 0.339 e. The molecule has 126 valence electrons. The topological polar surface area (TPSA) is 70.8 Å². The summed E-state index contributed by atoms with van der Waals surface area (Å²) in [5.74, 6) is -0.579. The van der Waals surface area contributed by atoms with E-state index in [1.165, 1.54) is 23.1 Å². The van der Waals surface area contributed by atoms with Crippen LogP contribution in [-0.4, -0.2) is 28.9 Å². The van der Waals surface area contributed by atoms with Gasteiger partial charge in [0.1, 0.15) is 22.9 Å². The summed E-state index contributed by atoms with van der Waals surface area (Å²) in [7, 11) is 1.67. The minimum Gasteiger partial charge on any atom is -0.478 e. The highest BCUT2D eigenvalue weighted by atomic mass is 19.1. The molecular weight excluding hydrogens is 313 g/mol. The normalized spacial score (nSPS) is 19.1. The summed E-state index contributed by atoms with van der Waals surface area (Å²) < 4.78 is 18.4. The number of benzene rings is 1. The molecule has 0 bridgehead atoms. The van der Waals surface area contributed by atoms with Crippen molar-refractivity contribution in [2.24, 2.45) is 5.92 Å². The molecule has 0 aliphatic heterocycles. The molecule has 0 saturated heterocycles. The van der Waals surface area contributed by atoms with Crippen molar-refractivity contribution in [1.82, 2.24) is 4.90 Å². The van der Waals surface area contributed by atoms with Crippen LogP contribution < -0.4 is 0 Å². The van der Waals surface area contributed by atoms with E-state index in [2.05, 4.69) is 0 Å². The molecule has 6 heteroatoms. The largest absolute Gasteiger partial charge is 0.478 e. The number of furan rings is 1. The van der Waals surface area contributed by atoms with Gasteiger partial charge in [-0.15, -0.1) is 0 Å². The molecule has 0 spiro atoms. The number of carbonyl (C=O) groups excluding carboxylic acids is 1. The standard InChI is InChI=1S/C18H18FNO4/c1-10-14(18(22)23)7-13(24-10)9-20(2)17(21)16-8-15(16)11-3-5-12(19)6-4-11/h3-7,15-16H,8-9H2,1-2H3,(H,22,23)/t15-,16-/m1/s1. The number of rotatable bonds is 5. The number of hydrogen-bond acceptors (Lipinski definition) is 3. The van der Waals surface area contributed by atoms with E-state index >= 15 is 0 Å². The van der Waals surface area contributed by atoms with Gasteiger partial charge in [-0.1, -0.05) is 12.1 Å². The van der Waals surface area contributed by atoms with Crippen LogP contribution in [0.5, 0.6) is 0 Å². The predicted octanol–water partition coefficient (Wildman–Crippen LogP) is 3.19. The number of halogens is 1. The van der Waals surface area contributed by atoms with Crippen molar-refractivity contribution in [2.45, 2.75) is 25.8 Å². The highest BCUT2D eigenvalue weighted by Crippen LogP contribution is 2.48. The number of carboxylic acids is 1. The Kier molecular flexibility index (Phi) is 4.13. The second-order valence-electron chi connectivity index (χ2n) is 6.18. The molecule has 1 aromatic carbocycles. The van der Waals surface area contributed by atoms with E-state index in [-0.39, 0.29) is 35.7 Å². The Morgan fingerprint density at radius 1 is 1.33 bits per heavy atom. The van der Waals surface area contributed by atoms with Gasteiger partial charge < -0.3 is 14.4 Å². The Morgan fingerprint density at radius 3 is 2.58 bits per heavy atom. The van der Waals surface area contributed by atoms with Crippen LogP contribution in [0.1, 0.15) is 39.8 Å². The molecule has 24 heavy (non-hydrogen) atoms. The van der Waals surface area contributed by atoms with Gasteiger partial charge in [-0.2, -0.15) is 0 Å². The highest BCUT2D eigenvalue weighted by Gasteiger charge is 2.45. The summed E-state index contributed by atoms with van der Waals surface area (Å²) in [6, 6.07) is 7.67. The molecule has 1 aliphatic carbocycles. The third-order valence-corrected chi connectivity index (χ3v) is 4.37. The van der Waals surface area contributed by atoms with Crippen LogP contribution in [0.4, 0.5) is 4.39 Å². The second-order valence-corrected chi connectivity index (χ2v) is 6.18. The Morgan fingerprint density at radius 2 is 2.00 bits per heavy atom. The third-order valence-electron chi connectivity index (χ3n) is 4.37. The van der Waals surface area contributed by atoms with E-state index < -0.39 is 5.97 Å². The average molecular weight is 331 g/mol. The molecule has 5 nitrogen and oxygen atoms in total. The highest BCUT2D eigenvalue weighted by molar-refractivity contribution is 5.89. The predicted molar refractivity (Wildman–Crippen MR) is 84.1 cm³/mol. The summed E-state index contributed by atoms with van der Waals surface area (Å²) in [5, 5.41) is 9.03. The fraction of sp³-hybridized carbons (Fsp3) is 0.333. The van der Waals surface area contributed by atoms with Crippen LogP contribution in [0.3, 0.4) is 0 Å². The minimum atomic E-state index is -1.05. The molecule has 1 N–H and O–H groups in total. The lowest BCUT2D eigenvalue weighted by molar-refractivity contribution is -0.132. The Bertz CT molecular complexity index is 781. The van der Waals surface area contributed by atoms with E-state index in [0.717, 1.165) is 12.0 Å². The Labute approximate surface area is 138 Å². The van der Waals surface area contributed by atoms with Crippen molar-refractivity contribution in [2.75, 3.05) is 7.05 Å². The van der Waals surface area contributed by atoms with Gasteiger partial charge in [-0.3, -0.25) is 4.79 Å². The van der Waals surface area contributed by atoms with E-state index in [1.807, 2.05) is 0 Å². The lowest BCUT2D eigenvalue weighted by Crippen LogP contribution is -2.27. The zero-order valence-corrected chi connectivity index (χ0v) is 13.5. The summed E-state index contributed by atoms with van der Waals surface area (Å²) in [5.41, 5.74) is 1.08. The molecule has 2 atom stereocenters. The van der Waals surface area contributed by atoms with Crippen molar-refractivity contribution in [3.05, 3.63) is 58.8 Å². The van der Waals surface area contributed by atoms with Gasteiger partial charge in [0.05, 0.1) is 6.54 Å². The molecule has 1 fully saturated rings. The van der Waals surface area contributed by atoms with Crippen LogP contribution in [0.15, 0.2) is 34.7 Å². The maximum absolute atomic E-state index is 13.0. The van der Waals surface area contributed by atoms with Crippen LogP contribution >= 0.6 is 0 Å². The van der Waals surface area contributed by atoms with Crippen molar-refractivity contribution in [1.29, 1.82) is 0 Å². The van der Waals surface area contributed by atoms with Crippen molar-refractivity contribution in [3.63, 3.8) is 0 Å². The quantitative estimate of drug-likeness (QED) is 0.913. The monoisotopic (exact) mass is 331 g/mol. The third kappa shape index (κ3) is 3.18. The Balaban J connectivity index is 1.63. The number of hydrogen-bond donors (Lipinski definition) is 1. The molecule has 1 aromatic heterocycles. The average Bonchev–Trinajstić information content (AvgIpc) is 3.24. The molecule has 1 saturated carbocycles. The number of aromatic carboxylic acids is 1. The number of amides is 1. The fourth-order valence-electron chi connectivity index (χ4n) is 2.97. The van der Waals surface area contributed by atoms with Crippen LogP contribution in [0, 0.1) is 18.7 Å². The number of aryl methyl sites for hydroxylation is 1. The molecular formula is C18H18FNO4. The molecule has 0 unspecified atom stereocenters. The lowest BCUT2D eigenvalue weighted by atomic mass is 10.1. The number of carboxylic acid groups (broad SMARTS) is 1. The molecule has 1 amide bonds. The first kappa shape index (κ1) is 16.2. The van der Waals surface area contributed by atoms with Gasteiger partial charge in [0.25, 0.3) is 0 Å². The summed E-state index contributed by atoms with van der Waals surface area (Å²) in [6.07, 6.45) is 0.742. The minimum absolute atomic E-state index is 0.0183. The molecule has 0 radical (unpaired) electrons. The van der Waals surface area contributed by atoms with Gasteiger partial charge >= 0.3 is 5.97 Å².